The highest BCUT2D eigenvalue weighted by Gasteiger charge is 2.28. The Morgan fingerprint density at radius 1 is 1.21 bits per heavy atom. The first-order valence-electron chi connectivity index (χ1n) is 9.90. The standard InChI is InChI=1S/C23H27N3O2/c1-15(21-24-18-9-5-6-10-19(18)25-21)16-11-12-20-17(14-16)8-7-13-26(20)22(27)28-23(2,3)4/h5-6,9-12,14-15H,7-8,13H2,1-4H3,(H,24,25). The second-order valence-corrected chi connectivity index (χ2v) is 8.48. The summed E-state index contributed by atoms with van der Waals surface area (Å²) in [7, 11) is 0. The first kappa shape index (κ1) is 18.5. The number of anilines is 1. The minimum Gasteiger partial charge on any atom is -0.443 e. The second kappa shape index (κ2) is 6.97. The molecule has 4 rings (SSSR count). The molecule has 0 saturated heterocycles. The van der Waals surface area contributed by atoms with E-state index < -0.39 is 5.60 Å². The van der Waals surface area contributed by atoms with Gasteiger partial charge in [0.15, 0.2) is 0 Å². The Hall–Kier alpha value is -2.82. The van der Waals surface area contributed by atoms with Crippen LogP contribution in [0.1, 0.15) is 57.0 Å². The average Bonchev–Trinajstić information content (AvgIpc) is 3.09. The van der Waals surface area contributed by atoms with Gasteiger partial charge >= 0.3 is 6.09 Å². The maximum absolute atomic E-state index is 12.6. The molecule has 1 N–H and O–H groups in total. The van der Waals surface area contributed by atoms with Crippen molar-refractivity contribution in [2.24, 2.45) is 0 Å². The normalized spacial score (nSPS) is 15.4. The number of carbonyl (C=O) groups is 1. The number of rotatable bonds is 2. The lowest BCUT2D eigenvalue weighted by atomic mass is 9.93. The number of H-pyrrole nitrogens is 1. The molecule has 1 aliphatic heterocycles. The quantitative estimate of drug-likeness (QED) is 0.650. The maximum Gasteiger partial charge on any atom is 0.414 e. The van der Waals surface area contributed by atoms with Crippen LogP contribution in [0.25, 0.3) is 11.0 Å². The van der Waals surface area contributed by atoms with Crippen molar-refractivity contribution in [3.05, 3.63) is 59.4 Å². The number of hydrogen-bond donors (Lipinski definition) is 1. The number of para-hydroxylation sites is 2. The van der Waals surface area contributed by atoms with Crippen LogP contribution < -0.4 is 4.90 Å². The Morgan fingerprint density at radius 2 is 2.00 bits per heavy atom. The molecule has 5 heteroatoms. The van der Waals surface area contributed by atoms with E-state index in [4.69, 9.17) is 9.72 Å². The summed E-state index contributed by atoms with van der Waals surface area (Å²) < 4.78 is 5.59. The zero-order valence-electron chi connectivity index (χ0n) is 17.0. The molecule has 1 unspecified atom stereocenters. The first-order chi connectivity index (χ1) is 13.3. The first-order valence-corrected chi connectivity index (χ1v) is 9.90. The van der Waals surface area contributed by atoms with Crippen molar-refractivity contribution < 1.29 is 9.53 Å². The number of amides is 1. The topological polar surface area (TPSA) is 58.2 Å². The number of fused-ring (bicyclic) bond motifs is 2. The molecular weight excluding hydrogens is 350 g/mol. The van der Waals surface area contributed by atoms with Crippen molar-refractivity contribution in [2.75, 3.05) is 11.4 Å². The third-order valence-corrected chi connectivity index (χ3v) is 5.15. The van der Waals surface area contributed by atoms with Crippen molar-refractivity contribution in [3.63, 3.8) is 0 Å². The molecule has 1 aliphatic rings. The Labute approximate surface area is 165 Å². The van der Waals surface area contributed by atoms with Gasteiger partial charge in [-0.3, -0.25) is 4.90 Å². The Morgan fingerprint density at radius 3 is 2.75 bits per heavy atom. The lowest BCUT2D eigenvalue weighted by Crippen LogP contribution is -2.39. The Balaban J connectivity index is 1.62. The largest absolute Gasteiger partial charge is 0.443 e. The Kier molecular flexibility index (Phi) is 4.61. The molecule has 2 aromatic carbocycles. The van der Waals surface area contributed by atoms with Gasteiger partial charge in [-0.2, -0.15) is 0 Å². The predicted octanol–water partition coefficient (Wildman–Crippen LogP) is 5.40. The fraction of sp³-hybridized carbons (Fsp3) is 0.391. The van der Waals surface area contributed by atoms with Gasteiger partial charge in [-0.1, -0.05) is 31.2 Å². The van der Waals surface area contributed by atoms with Gasteiger partial charge in [0.05, 0.1) is 16.7 Å². The maximum atomic E-state index is 12.6. The summed E-state index contributed by atoms with van der Waals surface area (Å²) in [5, 5.41) is 0. The molecule has 1 atom stereocenters. The van der Waals surface area contributed by atoms with Crippen molar-refractivity contribution >= 4 is 22.8 Å². The van der Waals surface area contributed by atoms with Gasteiger partial charge in [-0.05, 0) is 62.9 Å². The molecule has 0 aliphatic carbocycles. The van der Waals surface area contributed by atoms with Crippen LogP contribution in [-0.4, -0.2) is 28.2 Å². The fourth-order valence-corrected chi connectivity index (χ4v) is 3.73. The number of aromatic nitrogens is 2. The van der Waals surface area contributed by atoms with Gasteiger partial charge < -0.3 is 9.72 Å². The van der Waals surface area contributed by atoms with Crippen LogP contribution in [0, 0.1) is 0 Å². The van der Waals surface area contributed by atoms with Crippen molar-refractivity contribution in [1.29, 1.82) is 0 Å². The zero-order valence-corrected chi connectivity index (χ0v) is 17.0. The summed E-state index contributed by atoms with van der Waals surface area (Å²) in [4.78, 5) is 22.5. The molecule has 1 amide bonds. The fourth-order valence-electron chi connectivity index (χ4n) is 3.73. The molecule has 0 saturated carbocycles. The van der Waals surface area contributed by atoms with Crippen LogP contribution in [0.4, 0.5) is 10.5 Å². The van der Waals surface area contributed by atoms with E-state index in [1.807, 2.05) is 51.1 Å². The van der Waals surface area contributed by atoms with E-state index in [9.17, 15) is 4.79 Å². The highest BCUT2D eigenvalue weighted by Crippen LogP contribution is 2.33. The van der Waals surface area contributed by atoms with E-state index >= 15 is 0 Å². The molecular formula is C23H27N3O2. The summed E-state index contributed by atoms with van der Waals surface area (Å²) in [5.41, 5.74) is 4.89. The van der Waals surface area contributed by atoms with Crippen LogP contribution in [0.2, 0.25) is 0 Å². The van der Waals surface area contributed by atoms with Gasteiger partial charge in [0.2, 0.25) is 0 Å². The highest BCUT2D eigenvalue weighted by atomic mass is 16.6. The number of imidazole rings is 1. The number of nitrogens with zero attached hydrogens (tertiary/aromatic N) is 2. The van der Waals surface area contributed by atoms with E-state index in [1.165, 1.54) is 11.1 Å². The van der Waals surface area contributed by atoms with Crippen molar-refractivity contribution in [1.82, 2.24) is 9.97 Å². The van der Waals surface area contributed by atoms with Crippen LogP contribution in [-0.2, 0) is 11.2 Å². The molecule has 0 spiro atoms. The molecule has 2 heterocycles. The monoisotopic (exact) mass is 377 g/mol. The summed E-state index contributed by atoms with van der Waals surface area (Å²) in [6.07, 6.45) is 1.64. The summed E-state index contributed by atoms with van der Waals surface area (Å²) in [6.45, 7) is 8.55. The van der Waals surface area contributed by atoms with Gasteiger partial charge in [-0.15, -0.1) is 0 Å². The molecule has 5 nitrogen and oxygen atoms in total. The van der Waals surface area contributed by atoms with E-state index in [2.05, 4.69) is 24.0 Å². The number of carbonyl (C=O) groups excluding carboxylic acids is 1. The molecule has 146 valence electrons. The van der Waals surface area contributed by atoms with Gasteiger partial charge in [0.25, 0.3) is 0 Å². The predicted molar refractivity (Wildman–Crippen MR) is 112 cm³/mol. The third-order valence-electron chi connectivity index (χ3n) is 5.15. The Bertz CT molecular complexity index is 983. The van der Waals surface area contributed by atoms with Crippen molar-refractivity contribution in [3.8, 4) is 0 Å². The zero-order chi connectivity index (χ0) is 19.9. The van der Waals surface area contributed by atoms with E-state index in [-0.39, 0.29) is 12.0 Å². The number of benzene rings is 2. The molecule has 0 radical (unpaired) electrons. The summed E-state index contributed by atoms with van der Waals surface area (Å²) in [5.74, 6) is 1.11. The number of nitrogens with one attached hydrogen (secondary N) is 1. The number of ether oxygens (including phenoxy) is 1. The molecule has 0 bridgehead atoms. The second-order valence-electron chi connectivity index (χ2n) is 8.48. The summed E-state index contributed by atoms with van der Waals surface area (Å²) in [6, 6.07) is 14.4. The molecule has 1 aromatic heterocycles. The number of aryl methyl sites for hydroxylation is 1. The lowest BCUT2D eigenvalue weighted by Gasteiger charge is -2.32. The minimum absolute atomic E-state index is 0.148. The van der Waals surface area contributed by atoms with Crippen LogP contribution in [0.5, 0.6) is 0 Å². The molecule has 3 aromatic rings. The minimum atomic E-state index is -0.496. The third kappa shape index (κ3) is 3.61. The van der Waals surface area contributed by atoms with E-state index in [1.54, 1.807) is 4.90 Å². The van der Waals surface area contributed by atoms with Crippen LogP contribution in [0.3, 0.4) is 0 Å². The molecule has 0 fully saturated rings. The average molecular weight is 377 g/mol. The van der Waals surface area contributed by atoms with Gasteiger partial charge in [0, 0.05) is 12.5 Å². The number of aromatic amines is 1. The van der Waals surface area contributed by atoms with E-state index in [0.29, 0.717) is 6.54 Å². The molecule has 28 heavy (non-hydrogen) atoms. The van der Waals surface area contributed by atoms with Gasteiger partial charge in [0.1, 0.15) is 11.4 Å². The lowest BCUT2D eigenvalue weighted by molar-refractivity contribution is 0.0578. The van der Waals surface area contributed by atoms with E-state index in [0.717, 1.165) is 35.4 Å². The van der Waals surface area contributed by atoms with Crippen molar-refractivity contribution in [2.45, 2.75) is 52.1 Å². The van der Waals surface area contributed by atoms with Crippen LogP contribution >= 0.6 is 0 Å². The van der Waals surface area contributed by atoms with Gasteiger partial charge in [-0.25, -0.2) is 9.78 Å². The SMILES string of the molecule is CC(c1ccc2c(c1)CCCN2C(=O)OC(C)(C)C)c1nc2ccccc2[nH]1. The smallest absolute Gasteiger partial charge is 0.414 e. The van der Waals surface area contributed by atoms with Crippen LogP contribution in [0.15, 0.2) is 42.5 Å². The highest BCUT2D eigenvalue weighted by molar-refractivity contribution is 5.89. The summed E-state index contributed by atoms with van der Waals surface area (Å²) >= 11 is 0. The number of hydrogen-bond acceptors (Lipinski definition) is 3.